The summed E-state index contributed by atoms with van der Waals surface area (Å²) in [7, 11) is 0. The van der Waals surface area contributed by atoms with Crippen LogP contribution in [-0.2, 0) is 0 Å². The number of nitrogens with one attached hydrogen (secondary N) is 1. The Morgan fingerprint density at radius 2 is 1.93 bits per heavy atom. The minimum atomic E-state index is 0.876. The van der Waals surface area contributed by atoms with Gasteiger partial charge in [0.05, 0.1) is 0 Å². The second-order valence-electron chi connectivity index (χ2n) is 4.71. The lowest BCUT2D eigenvalue weighted by atomic mass is 9.84. The van der Waals surface area contributed by atoms with Gasteiger partial charge in [0, 0.05) is 6.42 Å². The van der Waals surface area contributed by atoms with Crippen molar-refractivity contribution in [2.75, 3.05) is 13.1 Å². The predicted octanol–water partition coefficient (Wildman–Crippen LogP) is 3.21. The largest absolute Gasteiger partial charge is 0.317 e. The first-order chi connectivity index (χ1) is 7.38. The standard InChI is InChI=1S/C14H25N/c1-3-5-9-13-10-7-6-8-11-14(13)12-15-4-2/h1,13-15H,4-12H2,2H3. The van der Waals surface area contributed by atoms with Crippen molar-refractivity contribution >= 4 is 0 Å². The van der Waals surface area contributed by atoms with Gasteiger partial charge in [-0.05, 0) is 37.8 Å². The van der Waals surface area contributed by atoms with Crippen LogP contribution in [0.3, 0.4) is 0 Å². The highest BCUT2D eigenvalue weighted by Gasteiger charge is 2.22. The molecule has 2 unspecified atom stereocenters. The van der Waals surface area contributed by atoms with Crippen molar-refractivity contribution in [2.45, 2.75) is 51.9 Å². The Morgan fingerprint density at radius 1 is 1.20 bits per heavy atom. The van der Waals surface area contributed by atoms with Crippen molar-refractivity contribution in [3.05, 3.63) is 0 Å². The molecule has 0 aromatic carbocycles. The Bertz CT molecular complexity index is 192. The molecule has 1 aliphatic carbocycles. The highest BCUT2D eigenvalue weighted by Crippen LogP contribution is 2.31. The molecule has 0 aromatic rings. The molecular formula is C14H25N. The fourth-order valence-corrected chi connectivity index (χ4v) is 2.71. The third kappa shape index (κ3) is 4.71. The normalized spacial score (nSPS) is 26.9. The summed E-state index contributed by atoms with van der Waals surface area (Å²) in [6.07, 6.45) is 14.6. The van der Waals surface area contributed by atoms with Gasteiger partial charge < -0.3 is 5.32 Å². The van der Waals surface area contributed by atoms with E-state index in [-0.39, 0.29) is 0 Å². The molecule has 86 valence electrons. The molecule has 0 aromatic heterocycles. The third-order valence-corrected chi connectivity index (χ3v) is 3.63. The zero-order valence-corrected chi connectivity index (χ0v) is 10.1. The monoisotopic (exact) mass is 207 g/mol. The highest BCUT2D eigenvalue weighted by molar-refractivity contribution is 4.86. The molecule has 1 saturated carbocycles. The number of rotatable bonds is 5. The SMILES string of the molecule is C#CCCC1CCCCCC1CNCC. The average Bonchev–Trinajstić information content (AvgIpc) is 2.48. The smallest absolute Gasteiger partial charge is 0.00888 e. The van der Waals surface area contributed by atoms with Crippen molar-refractivity contribution < 1.29 is 0 Å². The Balaban J connectivity index is 2.40. The van der Waals surface area contributed by atoms with E-state index in [1.54, 1.807) is 0 Å². The quantitative estimate of drug-likeness (QED) is 0.539. The molecule has 1 nitrogen and oxygen atoms in total. The lowest BCUT2D eigenvalue weighted by Crippen LogP contribution is -2.27. The maximum Gasteiger partial charge on any atom is 0.00888 e. The molecule has 0 amide bonds. The summed E-state index contributed by atoms with van der Waals surface area (Å²) in [5.41, 5.74) is 0. The first-order valence-electron chi connectivity index (χ1n) is 6.52. The summed E-state index contributed by atoms with van der Waals surface area (Å²) in [6, 6.07) is 0. The first-order valence-corrected chi connectivity index (χ1v) is 6.52. The van der Waals surface area contributed by atoms with E-state index in [2.05, 4.69) is 18.2 Å². The molecule has 0 heterocycles. The molecule has 1 rings (SSSR count). The molecule has 15 heavy (non-hydrogen) atoms. The predicted molar refractivity (Wildman–Crippen MR) is 66.7 cm³/mol. The van der Waals surface area contributed by atoms with E-state index in [0.29, 0.717) is 0 Å². The van der Waals surface area contributed by atoms with Gasteiger partial charge in [-0.1, -0.05) is 32.6 Å². The molecule has 1 heteroatoms. The van der Waals surface area contributed by atoms with Gasteiger partial charge in [0.2, 0.25) is 0 Å². The van der Waals surface area contributed by atoms with E-state index in [4.69, 9.17) is 6.42 Å². The zero-order valence-electron chi connectivity index (χ0n) is 10.1. The Morgan fingerprint density at radius 3 is 2.60 bits per heavy atom. The maximum atomic E-state index is 5.36. The summed E-state index contributed by atoms with van der Waals surface area (Å²) in [4.78, 5) is 0. The molecule has 1 N–H and O–H groups in total. The topological polar surface area (TPSA) is 12.0 Å². The Kier molecular flexibility index (Phi) is 6.52. The fraction of sp³-hybridized carbons (Fsp3) is 0.857. The number of hydrogen-bond acceptors (Lipinski definition) is 1. The average molecular weight is 207 g/mol. The fourth-order valence-electron chi connectivity index (χ4n) is 2.71. The molecular weight excluding hydrogens is 182 g/mol. The van der Waals surface area contributed by atoms with E-state index in [1.165, 1.54) is 45.1 Å². The van der Waals surface area contributed by atoms with Gasteiger partial charge in [-0.3, -0.25) is 0 Å². The molecule has 1 aliphatic rings. The van der Waals surface area contributed by atoms with Gasteiger partial charge in [-0.15, -0.1) is 12.3 Å². The van der Waals surface area contributed by atoms with Crippen LogP contribution in [0.2, 0.25) is 0 Å². The first kappa shape index (κ1) is 12.6. The summed E-state index contributed by atoms with van der Waals surface area (Å²) in [5, 5.41) is 3.50. The highest BCUT2D eigenvalue weighted by atomic mass is 14.8. The van der Waals surface area contributed by atoms with E-state index >= 15 is 0 Å². The van der Waals surface area contributed by atoms with Crippen molar-refractivity contribution in [1.29, 1.82) is 0 Å². The van der Waals surface area contributed by atoms with Crippen molar-refractivity contribution in [1.82, 2.24) is 5.32 Å². The number of terminal acetylenes is 1. The van der Waals surface area contributed by atoms with Crippen LogP contribution in [0.1, 0.15) is 51.9 Å². The molecule has 2 atom stereocenters. The van der Waals surface area contributed by atoms with Crippen LogP contribution in [0.15, 0.2) is 0 Å². The van der Waals surface area contributed by atoms with Crippen molar-refractivity contribution in [3.8, 4) is 12.3 Å². The molecule has 0 radical (unpaired) electrons. The maximum absolute atomic E-state index is 5.36. The van der Waals surface area contributed by atoms with E-state index in [0.717, 1.165) is 24.8 Å². The second kappa shape index (κ2) is 7.77. The molecule has 0 spiro atoms. The van der Waals surface area contributed by atoms with Crippen LogP contribution in [-0.4, -0.2) is 13.1 Å². The summed E-state index contributed by atoms with van der Waals surface area (Å²) in [6.45, 7) is 4.48. The van der Waals surface area contributed by atoms with E-state index in [9.17, 15) is 0 Å². The van der Waals surface area contributed by atoms with Crippen LogP contribution in [0, 0.1) is 24.2 Å². The van der Waals surface area contributed by atoms with Crippen molar-refractivity contribution in [3.63, 3.8) is 0 Å². The summed E-state index contributed by atoms with van der Waals surface area (Å²) >= 11 is 0. The van der Waals surface area contributed by atoms with Gasteiger partial charge in [-0.25, -0.2) is 0 Å². The van der Waals surface area contributed by atoms with Crippen LogP contribution >= 0.6 is 0 Å². The van der Waals surface area contributed by atoms with E-state index < -0.39 is 0 Å². The van der Waals surface area contributed by atoms with E-state index in [1.807, 2.05) is 0 Å². The van der Waals surface area contributed by atoms with Crippen LogP contribution in [0.4, 0.5) is 0 Å². The second-order valence-corrected chi connectivity index (χ2v) is 4.71. The van der Waals surface area contributed by atoms with Gasteiger partial charge in [0.1, 0.15) is 0 Å². The minimum Gasteiger partial charge on any atom is -0.317 e. The summed E-state index contributed by atoms with van der Waals surface area (Å²) < 4.78 is 0. The Hall–Kier alpha value is -0.480. The zero-order chi connectivity index (χ0) is 10.9. The number of hydrogen-bond donors (Lipinski definition) is 1. The van der Waals surface area contributed by atoms with Gasteiger partial charge in [0.25, 0.3) is 0 Å². The van der Waals surface area contributed by atoms with Crippen LogP contribution in [0.5, 0.6) is 0 Å². The van der Waals surface area contributed by atoms with Crippen molar-refractivity contribution in [2.24, 2.45) is 11.8 Å². The minimum absolute atomic E-state index is 0.876. The molecule has 0 bridgehead atoms. The van der Waals surface area contributed by atoms with Crippen LogP contribution in [0.25, 0.3) is 0 Å². The Labute approximate surface area is 95.0 Å². The summed E-state index contributed by atoms with van der Waals surface area (Å²) in [5.74, 6) is 4.54. The third-order valence-electron chi connectivity index (χ3n) is 3.63. The lowest BCUT2D eigenvalue weighted by Gasteiger charge is -2.24. The van der Waals surface area contributed by atoms with Gasteiger partial charge >= 0.3 is 0 Å². The molecule has 0 saturated heterocycles. The lowest BCUT2D eigenvalue weighted by molar-refractivity contribution is 0.287. The molecule has 0 aliphatic heterocycles. The van der Waals surface area contributed by atoms with Crippen LogP contribution < -0.4 is 5.32 Å². The van der Waals surface area contributed by atoms with Gasteiger partial charge in [-0.2, -0.15) is 0 Å². The van der Waals surface area contributed by atoms with Gasteiger partial charge in [0.15, 0.2) is 0 Å². The molecule has 1 fully saturated rings.